The lowest BCUT2D eigenvalue weighted by Gasteiger charge is -2.37. The second-order valence-corrected chi connectivity index (χ2v) is 5.85. The first-order valence-electron chi connectivity index (χ1n) is 7.42. The number of hydrogen-bond acceptors (Lipinski definition) is 4. The minimum Gasteiger partial charge on any atom is -0.545 e. The Hall–Kier alpha value is -2.62. The Morgan fingerprint density at radius 1 is 1.23 bits per heavy atom. The van der Waals surface area contributed by atoms with E-state index in [2.05, 4.69) is 22.5 Å². The number of carboxylic acid groups (broad SMARTS) is 1. The first-order valence-corrected chi connectivity index (χ1v) is 7.42. The average molecular weight is 291 g/mol. The summed E-state index contributed by atoms with van der Waals surface area (Å²) in [4.78, 5) is 15.2. The smallest absolute Gasteiger partial charge is 0.0715 e. The van der Waals surface area contributed by atoms with Crippen LogP contribution in [0.4, 0.5) is 5.69 Å². The second kappa shape index (κ2) is 4.98. The summed E-state index contributed by atoms with van der Waals surface area (Å²) in [6.45, 7) is 0. The molecule has 2 heterocycles. The van der Waals surface area contributed by atoms with E-state index in [-0.39, 0.29) is 17.5 Å². The predicted molar refractivity (Wildman–Crippen MR) is 81.4 cm³/mol. The van der Waals surface area contributed by atoms with E-state index in [0.717, 1.165) is 17.7 Å². The lowest BCUT2D eigenvalue weighted by molar-refractivity contribution is -0.255. The number of rotatable bonds is 2. The number of allylic oxidation sites excluding steroid dienone is 2. The standard InChI is InChI=1S/C18H16N2O2/c21-18(22)12-4-5-16-15(10-12)13-2-1-3-14(13)17(20-16)11-6-8-19-9-7-11/h1-2,4-10,13-14,17,20H,3H2,(H,21,22)/p-1/t13-,14+,17-/m0/s1. The Morgan fingerprint density at radius 3 is 2.82 bits per heavy atom. The summed E-state index contributed by atoms with van der Waals surface area (Å²) in [6, 6.07) is 9.47. The highest BCUT2D eigenvalue weighted by Gasteiger charge is 2.37. The van der Waals surface area contributed by atoms with Gasteiger partial charge in [-0.2, -0.15) is 0 Å². The molecule has 2 aromatic rings. The maximum absolute atomic E-state index is 11.1. The third-order valence-corrected chi connectivity index (χ3v) is 4.66. The zero-order chi connectivity index (χ0) is 15.1. The van der Waals surface area contributed by atoms with Crippen molar-refractivity contribution in [1.29, 1.82) is 0 Å². The number of carboxylic acids is 1. The monoisotopic (exact) mass is 291 g/mol. The Labute approximate surface area is 128 Å². The van der Waals surface area contributed by atoms with Crippen LogP contribution in [0.15, 0.2) is 54.9 Å². The van der Waals surface area contributed by atoms with E-state index < -0.39 is 5.97 Å². The van der Waals surface area contributed by atoms with Crippen LogP contribution in [-0.4, -0.2) is 11.0 Å². The number of fused-ring (bicyclic) bond motifs is 3. The van der Waals surface area contributed by atoms with E-state index in [9.17, 15) is 9.90 Å². The van der Waals surface area contributed by atoms with Gasteiger partial charge >= 0.3 is 0 Å². The highest BCUT2D eigenvalue weighted by atomic mass is 16.4. The summed E-state index contributed by atoms with van der Waals surface area (Å²) in [5.74, 6) is -0.488. The van der Waals surface area contributed by atoms with Crippen molar-refractivity contribution in [2.75, 3.05) is 5.32 Å². The van der Waals surface area contributed by atoms with Crippen LogP contribution < -0.4 is 10.4 Å². The third-order valence-electron chi connectivity index (χ3n) is 4.66. The number of nitrogens with one attached hydrogen (secondary N) is 1. The van der Waals surface area contributed by atoms with Gasteiger partial charge in [-0.1, -0.05) is 18.2 Å². The van der Waals surface area contributed by atoms with Gasteiger partial charge in [0.1, 0.15) is 0 Å². The number of carbonyl (C=O) groups excluding carboxylic acids is 1. The second-order valence-electron chi connectivity index (χ2n) is 5.85. The number of aromatic nitrogens is 1. The molecule has 2 aliphatic rings. The van der Waals surface area contributed by atoms with Crippen molar-refractivity contribution in [3.8, 4) is 0 Å². The van der Waals surface area contributed by atoms with Crippen LogP contribution in [0.5, 0.6) is 0 Å². The van der Waals surface area contributed by atoms with Gasteiger partial charge in [0.15, 0.2) is 0 Å². The van der Waals surface area contributed by atoms with E-state index in [0.29, 0.717) is 5.92 Å². The molecule has 0 saturated carbocycles. The fourth-order valence-electron chi connectivity index (χ4n) is 3.62. The number of anilines is 1. The Kier molecular flexibility index (Phi) is 2.96. The number of carbonyl (C=O) groups is 1. The van der Waals surface area contributed by atoms with E-state index >= 15 is 0 Å². The number of hydrogen-bond donors (Lipinski definition) is 1. The molecule has 3 atom stereocenters. The van der Waals surface area contributed by atoms with Gasteiger partial charge in [0.05, 0.1) is 12.0 Å². The molecule has 1 aliphatic carbocycles. The molecule has 0 fully saturated rings. The van der Waals surface area contributed by atoms with Gasteiger partial charge in [-0.25, -0.2) is 0 Å². The van der Waals surface area contributed by atoms with Crippen LogP contribution in [0, 0.1) is 5.92 Å². The van der Waals surface area contributed by atoms with Crippen molar-refractivity contribution < 1.29 is 9.90 Å². The molecule has 0 radical (unpaired) electrons. The number of nitrogens with zero attached hydrogens (tertiary/aromatic N) is 1. The summed E-state index contributed by atoms with van der Waals surface area (Å²) >= 11 is 0. The van der Waals surface area contributed by atoms with Crippen LogP contribution in [0.2, 0.25) is 0 Å². The first-order chi connectivity index (χ1) is 10.7. The molecule has 4 nitrogen and oxygen atoms in total. The molecule has 0 saturated heterocycles. The molecule has 4 rings (SSSR count). The highest BCUT2D eigenvalue weighted by Crippen LogP contribution is 2.49. The molecule has 1 aliphatic heterocycles. The third kappa shape index (κ3) is 1.99. The van der Waals surface area contributed by atoms with Crippen LogP contribution >= 0.6 is 0 Å². The largest absolute Gasteiger partial charge is 0.545 e. The normalized spacial score (nSPS) is 25.2. The van der Waals surface area contributed by atoms with Crippen LogP contribution in [-0.2, 0) is 0 Å². The average Bonchev–Trinajstić information content (AvgIpc) is 3.04. The van der Waals surface area contributed by atoms with Crippen molar-refractivity contribution >= 4 is 11.7 Å². The molecule has 0 amide bonds. The lowest BCUT2D eigenvalue weighted by Crippen LogP contribution is -2.30. The summed E-state index contributed by atoms with van der Waals surface area (Å²) in [5.41, 5.74) is 3.50. The van der Waals surface area contributed by atoms with Gasteiger partial charge in [-0.15, -0.1) is 0 Å². The van der Waals surface area contributed by atoms with Crippen molar-refractivity contribution in [3.63, 3.8) is 0 Å². The van der Waals surface area contributed by atoms with Crippen LogP contribution in [0.3, 0.4) is 0 Å². The van der Waals surface area contributed by atoms with Crippen molar-refractivity contribution in [3.05, 3.63) is 71.6 Å². The first kappa shape index (κ1) is 13.1. The van der Waals surface area contributed by atoms with E-state index in [1.54, 1.807) is 12.1 Å². The molecule has 1 aromatic carbocycles. The van der Waals surface area contributed by atoms with E-state index in [1.165, 1.54) is 5.56 Å². The minimum atomic E-state index is -1.13. The van der Waals surface area contributed by atoms with Gasteiger partial charge in [-0.3, -0.25) is 4.98 Å². The maximum atomic E-state index is 11.1. The minimum absolute atomic E-state index is 0.212. The number of pyridine rings is 1. The summed E-state index contributed by atoms with van der Waals surface area (Å²) in [6.07, 6.45) is 8.98. The summed E-state index contributed by atoms with van der Waals surface area (Å²) in [7, 11) is 0. The Bertz CT molecular complexity index is 755. The fraction of sp³-hybridized carbons (Fsp3) is 0.222. The molecule has 22 heavy (non-hydrogen) atoms. The van der Waals surface area contributed by atoms with Crippen molar-refractivity contribution in [2.45, 2.75) is 18.4 Å². The van der Waals surface area contributed by atoms with Crippen molar-refractivity contribution in [2.24, 2.45) is 5.92 Å². The fourth-order valence-corrected chi connectivity index (χ4v) is 3.62. The van der Waals surface area contributed by atoms with Crippen molar-refractivity contribution in [1.82, 2.24) is 4.98 Å². The lowest BCUT2D eigenvalue weighted by atomic mass is 9.77. The van der Waals surface area contributed by atoms with Gasteiger partial charge in [-0.05, 0) is 53.3 Å². The number of benzene rings is 1. The molecule has 4 heteroatoms. The zero-order valence-electron chi connectivity index (χ0n) is 11.9. The molecule has 0 spiro atoms. The van der Waals surface area contributed by atoms with E-state index in [1.807, 2.05) is 30.6 Å². The molecule has 1 N–H and O–H groups in total. The molecule has 0 bridgehead atoms. The summed E-state index contributed by atoms with van der Waals surface area (Å²) in [5, 5.41) is 14.7. The van der Waals surface area contributed by atoms with Gasteiger partial charge in [0.25, 0.3) is 0 Å². The Balaban J connectivity index is 1.79. The predicted octanol–water partition coefficient (Wildman–Crippen LogP) is 2.27. The zero-order valence-corrected chi connectivity index (χ0v) is 11.9. The summed E-state index contributed by atoms with van der Waals surface area (Å²) < 4.78 is 0. The Morgan fingerprint density at radius 2 is 2.05 bits per heavy atom. The highest BCUT2D eigenvalue weighted by molar-refractivity contribution is 5.87. The SMILES string of the molecule is O=C([O-])c1ccc2c(c1)[C@H]1C=CC[C@H]1[C@H](c1ccncc1)N2. The quantitative estimate of drug-likeness (QED) is 0.862. The maximum Gasteiger partial charge on any atom is 0.0715 e. The van der Waals surface area contributed by atoms with Crippen LogP contribution in [0.1, 0.15) is 39.9 Å². The van der Waals surface area contributed by atoms with E-state index in [4.69, 9.17) is 0 Å². The molecule has 1 aromatic heterocycles. The molecule has 110 valence electrons. The van der Waals surface area contributed by atoms with Gasteiger partial charge in [0.2, 0.25) is 0 Å². The van der Waals surface area contributed by atoms with Crippen LogP contribution in [0.25, 0.3) is 0 Å². The molecule has 0 unspecified atom stereocenters. The van der Waals surface area contributed by atoms with Gasteiger partial charge < -0.3 is 15.2 Å². The topological polar surface area (TPSA) is 65.0 Å². The van der Waals surface area contributed by atoms with Gasteiger partial charge in [0, 0.05) is 24.0 Å². The molecular formula is C18H15N2O2-. The number of aromatic carboxylic acids is 1. The molecular weight excluding hydrogens is 276 g/mol.